The van der Waals surface area contributed by atoms with Crippen LogP contribution in [0.5, 0.6) is 5.75 Å². The molecule has 0 saturated heterocycles. The minimum Gasteiger partial charge on any atom is -0.484 e. The quantitative estimate of drug-likeness (QED) is 0.898. The van der Waals surface area contributed by atoms with Crippen molar-refractivity contribution < 1.29 is 19.1 Å². The average Bonchev–Trinajstić information content (AvgIpc) is 2.76. The summed E-state index contributed by atoms with van der Waals surface area (Å²) in [7, 11) is 0. The predicted octanol–water partition coefficient (Wildman–Crippen LogP) is 4.28. The third kappa shape index (κ3) is 3.30. The summed E-state index contributed by atoms with van der Waals surface area (Å²) in [5, 5.41) is 9.22. The van der Waals surface area contributed by atoms with Crippen LogP contribution < -0.4 is 4.74 Å². The van der Waals surface area contributed by atoms with Gasteiger partial charge in [-0.05, 0) is 36.8 Å². The Kier molecular flexibility index (Phi) is 4.17. The van der Waals surface area contributed by atoms with E-state index in [1.807, 2.05) is 13.0 Å². The second-order valence-corrected chi connectivity index (χ2v) is 5.22. The second-order valence-electron chi connectivity index (χ2n) is 3.89. The number of hydrogen-bond donors (Lipinski definition) is 1. The van der Waals surface area contributed by atoms with Crippen LogP contribution in [-0.4, -0.2) is 11.1 Å². The lowest BCUT2D eigenvalue weighted by atomic mass is 10.2. The van der Waals surface area contributed by atoms with E-state index in [2.05, 4.69) is 15.9 Å². The number of ether oxygens (including phenoxy) is 1. The molecule has 0 saturated carbocycles. The van der Waals surface area contributed by atoms with Crippen molar-refractivity contribution in [2.24, 2.45) is 0 Å². The third-order valence-corrected chi connectivity index (χ3v) is 3.16. The first kappa shape index (κ1) is 14.0. The van der Waals surface area contributed by atoms with E-state index < -0.39 is 5.97 Å². The fourth-order valence-electron chi connectivity index (χ4n) is 1.59. The largest absolute Gasteiger partial charge is 0.484 e. The zero-order valence-corrected chi connectivity index (χ0v) is 12.3. The normalized spacial score (nSPS) is 10.5. The smallest absolute Gasteiger partial charge is 0.371 e. The van der Waals surface area contributed by atoms with E-state index in [-0.39, 0.29) is 12.4 Å². The monoisotopic (exact) mass is 344 g/mol. The Morgan fingerprint density at radius 2 is 2.21 bits per heavy atom. The van der Waals surface area contributed by atoms with E-state index in [4.69, 9.17) is 25.9 Å². The zero-order valence-electron chi connectivity index (χ0n) is 9.94. The number of halogens is 2. The van der Waals surface area contributed by atoms with Crippen molar-refractivity contribution in [2.75, 3.05) is 0 Å². The number of aromatic carboxylic acids is 1. The number of carboxylic acid groups (broad SMARTS) is 1. The van der Waals surface area contributed by atoms with E-state index >= 15 is 0 Å². The van der Waals surface area contributed by atoms with Crippen molar-refractivity contribution in [3.63, 3.8) is 0 Å². The molecule has 1 N–H and O–H groups in total. The highest BCUT2D eigenvalue weighted by Crippen LogP contribution is 2.32. The molecular weight excluding hydrogens is 335 g/mol. The summed E-state index contributed by atoms with van der Waals surface area (Å²) in [5.74, 6) is -0.241. The van der Waals surface area contributed by atoms with Gasteiger partial charge in [0.1, 0.15) is 18.1 Å². The molecule has 4 nitrogen and oxygen atoms in total. The topological polar surface area (TPSA) is 59.7 Å². The van der Waals surface area contributed by atoms with Gasteiger partial charge in [0.15, 0.2) is 0 Å². The van der Waals surface area contributed by atoms with E-state index in [0.29, 0.717) is 16.5 Å². The van der Waals surface area contributed by atoms with Gasteiger partial charge in [-0.3, -0.25) is 0 Å². The minimum atomic E-state index is -1.11. The van der Waals surface area contributed by atoms with Crippen LogP contribution >= 0.6 is 27.5 Å². The molecule has 1 aromatic heterocycles. The molecule has 0 aliphatic carbocycles. The van der Waals surface area contributed by atoms with Gasteiger partial charge in [-0.25, -0.2) is 4.79 Å². The Hall–Kier alpha value is -1.46. The molecule has 6 heteroatoms. The van der Waals surface area contributed by atoms with Crippen LogP contribution in [0.2, 0.25) is 5.02 Å². The first-order chi connectivity index (χ1) is 8.97. The van der Waals surface area contributed by atoms with E-state index in [9.17, 15) is 4.79 Å². The SMILES string of the molecule is Cc1cc(Br)cc(Cl)c1OCc1ccc(C(=O)O)o1. The van der Waals surface area contributed by atoms with Gasteiger partial charge in [0.25, 0.3) is 0 Å². The average molecular weight is 346 g/mol. The molecule has 0 unspecified atom stereocenters. The van der Waals surface area contributed by atoms with Crippen LogP contribution in [-0.2, 0) is 6.61 Å². The molecular formula is C13H10BrClO4. The van der Waals surface area contributed by atoms with Crippen LogP contribution in [0.3, 0.4) is 0 Å². The highest BCUT2D eigenvalue weighted by atomic mass is 79.9. The summed E-state index contributed by atoms with van der Waals surface area (Å²) in [5.41, 5.74) is 0.879. The zero-order chi connectivity index (χ0) is 14.0. The summed E-state index contributed by atoms with van der Waals surface area (Å²) in [6, 6.07) is 6.56. The van der Waals surface area contributed by atoms with Gasteiger partial charge in [-0.2, -0.15) is 0 Å². The van der Waals surface area contributed by atoms with E-state index in [1.54, 1.807) is 12.1 Å². The molecule has 0 bridgehead atoms. The van der Waals surface area contributed by atoms with Crippen LogP contribution in [0.4, 0.5) is 0 Å². The molecule has 2 aromatic rings. The molecule has 19 heavy (non-hydrogen) atoms. The fraction of sp³-hybridized carbons (Fsp3) is 0.154. The van der Waals surface area contributed by atoms with Gasteiger partial charge in [-0.15, -0.1) is 0 Å². The molecule has 0 aliphatic rings. The lowest BCUT2D eigenvalue weighted by Crippen LogP contribution is -1.97. The number of carbonyl (C=O) groups is 1. The Balaban J connectivity index is 2.12. The van der Waals surface area contributed by atoms with Crippen molar-refractivity contribution in [1.29, 1.82) is 0 Å². The maximum absolute atomic E-state index is 10.7. The number of benzene rings is 1. The molecule has 0 amide bonds. The molecule has 0 spiro atoms. The number of hydrogen-bond acceptors (Lipinski definition) is 3. The van der Waals surface area contributed by atoms with Crippen molar-refractivity contribution in [2.45, 2.75) is 13.5 Å². The van der Waals surface area contributed by atoms with E-state index in [1.165, 1.54) is 6.07 Å². The van der Waals surface area contributed by atoms with Crippen molar-refractivity contribution in [3.05, 3.63) is 50.8 Å². The molecule has 0 atom stereocenters. The van der Waals surface area contributed by atoms with Crippen LogP contribution in [0.15, 0.2) is 33.2 Å². The summed E-state index contributed by atoms with van der Waals surface area (Å²) >= 11 is 9.42. The Morgan fingerprint density at radius 3 is 2.79 bits per heavy atom. The molecule has 0 radical (unpaired) electrons. The van der Waals surface area contributed by atoms with Gasteiger partial charge in [-0.1, -0.05) is 27.5 Å². The molecule has 100 valence electrons. The summed E-state index contributed by atoms with van der Waals surface area (Å²) in [6.45, 7) is 1.99. The van der Waals surface area contributed by atoms with Gasteiger partial charge in [0, 0.05) is 4.47 Å². The Bertz CT molecular complexity index is 598. The van der Waals surface area contributed by atoms with Gasteiger partial charge >= 0.3 is 5.97 Å². The van der Waals surface area contributed by atoms with Crippen molar-refractivity contribution in [3.8, 4) is 5.75 Å². The van der Waals surface area contributed by atoms with Gasteiger partial charge in [0.05, 0.1) is 5.02 Å². The first-order valence-corrected chi connectivity index (χ1v) is 6.55. The summed E-state index contributed by atoms with van der Waals surface area (Å²) < 4.78 is 11.5. The van der Waals surface area contributed by atoms with Crippen LogP contribution in [0.25, 0.3) is 0 Å². The van der Waals surface area contributed by atoms with Crippen molar-refractivity contribution in [1.82, 2.24) is 0 Å². The van der Waals surface area contributed by atoms with Gasteiger partial charge in [0.2, 0.25) is 5.76 Å². The minimum absolute atomic E-state index is 0.114. The van der Waals surface area contributed by atoms with Crippen LogP contribution in [0, 0.1) is 6.92 Å². The highest BCUT2D eigenvalue weighted by Gasteiger charge is 2.11. The van der Waals surface area contributed by atoms with Crippen LogP contribution in [0.1, 0.15) is 21.9 Å². The Labute approximate surface area is 123 Å². The highest BCUT2D eigenvalue weighted by molar-refractivity contribution is 9.10. The lowest BCUT2D eigenvalue weighted by molar-refractivity contribution is 0.0658. The third-order valence-electron chi connectivity index (χ3n) is 2.43. The molecule has 1 aromatic carbocycles. The summed E-state index contributed by atoms with van der Waals surface area (Å²) in [4.78, 5) is 10.7. The first-order valence-electron chi connectivity index (χ1n) is 5.38. The standard InChI is InChI=1S/C13H10BrClO4/c1-7-4-8(14)5-10(15)12(7)18-6-9-2-3-11(19-9)13(16)17/h2-5H,6H2,1H3,(H,16,17). The molecule has 0 fully saturated rings. The Morgan fingerprint density at radius 1 is 1.47 bits per heavy atom. The lowest BCUT2D eigenvalue weighted by Gasteiger charge is -2.10. The fourth-order valence-corrected chi connectivity index (χ4v) is 2.61. The molecule has 2 rings (SSSR count). The predicted molar refractivity (Wildman–Crippen MR) is 73.9 cm³/mol. The maximum Gasteiger partial charge on any atom is 0.371 e. The second kappa shape index (κ2) is 5.67. The van der Waals surface area contributed by atoms with Gasteiger partial charge < -0.3 is 14.3 Å². The number of aryl methyl sites for hydroxylation is 1. The number of furan rings is 1. The summed E-state index contributed by atoms with van der Waals surface area (Å²) in [6.07, 6.45) is 0. The maximum atomic E-state index is 10.7. The molecule has 0 aliphatic heterocycles. The number of rotatable bonds is 4. The van der Waals surface area contributed by atoms with E-state index in [0.717, 1.165) is 10.0 Å². The number of carboxylic acids is 1. The molecule has 1 heterocycles. The van der Waals surface area contributed by atoms with Crippen molar-refractivity contribution >= 4 is 33.5 Å².